The molecular weight excluding hydrogens is 432 g/mol. The SMILES string of the molecule is CC(CCCCC[Si](C)(C)O[Si](C)(C)C)OC(=O)c1ccc(OCc2ccccc2)cc1. The molecule has 0 fully saturated rings. The van der Waals surface area contributed by atoms with Crippen molar-refractivity contribution >= 4 is 22.6 Å². The predicted octanol–water partition coefficient (Wildman–Crippen LogP) is 7.43. The van der Waals surface area contributed by atoms with Crippen LogP contribution in [0.5, 0.6) is 5.75 Å². The molecule has 0 aliphatic rings. The summed E-state index contributed by atoms with van der Waals surface area (Å²) >= 11 is 0. The first-order valence-corrected chi connectivity index (χ1v) is 18.2. The Morgan fingerprint density at radius 1 is 0.875 bits per heavy atom. The van der Waals surface area contributed by atoms with Crippen LogP contribution in [0.4, 0.5) is 0 Å². The molecular formula is C26H40O4Si2. The molecule has 0 aliphatic carbocycles. The van der Waals surface area contributed by atoms with Crippen molar-refractivity contribution in [3.63, 3.8) is 0 Å². The Balaban J connectivity index is 1.66. The summed E-state index contributed by atoms with van der Waals surface area (Å²) in [4.78, 5) is 12.4. The summed E-state index contributed by atoms with van der Waals surface area (Å²) in [7, 11) is -3.01. The largest absolute Gasteiger partial charge is 0.489 e. The van der Waals surface area contributed by atoms with Crippen LogP contribution in [0.2, 0.25) is 38.8 Å². The van der Waals surface area contributed by atoms with E-state index in [1.54, 1.807) is 12.1 Å². The quantitative estimate of drug-likeness (QED) is 0.173. The molecule has 4 nitrogen and oxygen atoms in total. The van der Waals surface area contributed by atoms with Gasteiger partial charge in [-0.15, -0.1) is 0 Å². The summed E-state index contributed by atoms with van der Waals surface area (Å²) in [6.45, 7) is 13.9. The van der Waals surface area contributed by atoms with Crippen molar-refractivity contribution in [2.75, 3.05) is 0 Å². The van der Waals surface area contributed by atoms with Crippen molar-refractivity contribution in [2.45, 2.75) is 84.1 Å². The smallest absolute Gasteiger partial charge is 0.338 e. The molecule has 2 aromatic rings. The average Bonchev–Trinajstić information content (AvgIpc) is 2.71. The van der Waals surface area contributed by atoms with E-state index < -0.39 is 16.6 Å². The highest BCUT2D eigenvalue weighted by Gasteiger charge is 2.28. The van der Waals surface area contributed by atoms with Gasteiger partial charge in [0.15, 0.2) is 16.6 Å². The number of esters is 1. The molecule has 0 bridgehead atoms. The van der Waals surface area contributed by atoms with Crippen LogP contribution in [0.1, 0.15) is 48.5 Å². The van der Waals surface area contributed by atoms with Gasteiger partial charge in [0.25, 0.3) is 0 Å². The molecule has 0 N–H and O–H groups in total. The van der Waals surface area contributed by atoms with Crippen molar-refractivity contribution in [3.05, 3.63) is 65.7 Å². The van der Waals surface area contributed by atoms with Crippen LogP contribution in [0, 0.1) is 0 Å². The fourth-order valence-corrected chi connectivity index (χ4v) is 11.9. The van der Waals surface area contributed by atoms with Gasteiger partial charge in [-0.25, -0.2) is 4.79 Å². The van der Waals surface area contributed by atoms with Gasteiger partial charge in [-0.2, -0.15) is 0 Å². The van der Waals surface area contributed by atoms with Crippen molar-refractivity contribution < 1.29 is 18.4 Å². The molecule has 0 radical (unpaired) electrons. The number of hydrogen-bond acceptors (Lipinski definition) is 4. The van der Waals surface area contributed by atoms with E-state index in [-0.39, 0.29) is 12.1 Å². The third kappa shape index (κ3) is 10.6. The minimum Gasteiger partial charge on any atom is -0.489 e. The Morgan fingerprint density at radius 2 is 1.53 bits per heavy atom. The zero-order valence-corrected chi connectivity index (χ0v) is 22.6. The number of carbonyl (C=O) groups excluding carboxylic acids is 1. The maximum atomic E-state index is 12.4. The van der Waals surface area contributed by atoms with Crippen LogP contribution in [-0.2, 0) is 15.5 Å². The van der Waals surface area contributed by atoms with E-state index in [0.717, 1.165) is 30.6 Å². The molecule has 0 saturated heterocycles. The van der Waals surface area contributed by atoms with E-state index in [1.807, 2.05) is 49.4 Å². The summed E-state index contributed by atoms with van der Waals surface area (Å²) in [6.07, 6.45) is 4.22. The van der Waals surface area contributed by atoms with Gasteiger partial charge < -0.3 is 13.6 Å². The van der Waals surface area contributed by atoms with Crippen molar-refractivity contribution in [1.29, 1.82) is 0 Å². The highest BCUT2D eigenvalue weighted by Crippen LogP contribution is 2.22. The number of benzene rings is 2. The lowest BCUT2D eigenvalue weighted by atomic mass is 10.1. The molecule has 0 heterocycles. The Hall–Kier alpha value is -1.90. The van der Waals surface area contributed by atoms with E-state index in [9.17, 15) is 4.79 Å². The molecule has 0 saturated carbocycles. The molecule has 1 atom stereocenters. The Bertz CT molecular complexity index is 814. The van der Waals surface area contributed by atoms with E-state index in [1.165, 1.54) is 12.5 Å². The number of hydrogen-bond donors (Lipinski definition) is 0. The second kappa shape index (κ2) is 12.4. The Morgan fingerprint density at radius 3 is 2.16 bits per heavy atom. The minimum atomic E-state index is -1.55. The summed E-state index contributed by atoms with van der Waals surface area (Å²) in [6, 6.07) is 18.4. The van der Waals surface area contributed by atoms with E-state index >= 15 is 0 Å². The lowest BCUT2D eigenvalue weighted by Crippen LogP contribution is -2.42. The topological polar surface area (TPSA) is 44.8 Å². The number of ether oxygens (including phenoxy) is 2. The normalized spacial score (nSPS) is 12.9. The van der Waals surface area contributed by atoms with E-state index in [2.05, 4.69) is 32.7 Å². The van der Waals surface area contributed by atoms with Gasteiger partial charge in [-0.05, 0) is 88.4 Å². The fourth-order valence-electron chi connectivity index (χ4n) is 3.78. The summed E-state index contributed by atoms with van der Waals surface area (Å²) in [5, 5.41) is 0. The fraction of sp³-hybridized carbons (Fsp3) is 0.500. The molecule has 0 spiro atoms. The van der Waals surface area contributed by atoms with Gasteiger partial charge in [0.1, 0.15) is 12.4 Å². The minimum absolute atomic E-state index is 0.0833. The third-order valence-corrected chi connectivity index (χ3v) is 11.3. The molecule has 2 rings (SSSR count). The van der Waals surface area contributed by atoms with Gasteiger partial charge >= 0.3 is 5.97 Å². The van der Waals surface area contributed by atoms with Gasteiger partial charge in [-0.3, -0.25) is 0 Å². The van der Waals surface area contributed by atoms with Crippen LogP contribution in [0.15, 0.2) is 54.6 Å². The molecule has 0 aromatic heterocycles. The predicted molar refractivity (Wildman–Crippen MR) is 137 cm³/mol. The van der Waals surface area contributed by atoms with Crippen molar-refractivity contribution in [2.24, 2.45) is 0 Å². The Labute approximate surface area is 196 Å². The van der Waals surface area contributed by atoms with Crippen molar-refractivity contribution in [1.82, 2.24) is 0 Å². The second-order valence-electron chi connectivity index (χ2n) is 10.1. The van der Waals surface area contributed by atoms with Crippen LogP contribution >= 0.6 is 0 Å². The molecule has 32 heavy (non-hydrogen) atoms. The van der Waals surface area contributed by atoms with Crippen LogP contribution in [-0.4, -0.2) is 28.7 Å². The van der Waals surface area contributed by atoms with Crippen LogP contribution in [0.25, 0.3) is 0 Å². The first-order valence-electron chi connectivity index (χ1n) is 11.7. The standard InChI is InChI=1S/C26H40O4Si2/c1-22(13-9-8-12-20-32(5,6)30-31(2,3)4)29-26(27)24-16-18-25(19-17-24)28-21-23-14-10-7-11-15-23/h7,10-11,14-19,22H,8-9,12-13,20-21H2,1-6H3. The van der Waals surface area contributed by atoms with Crippen LogP contribution < -0.4 is 4.74 Å². The lowest BCUT2D eigenvalue weighted by Gasteiger charge is -2.31. The van der Waals surface area contributed by atoms with Gasteiger partial charge in [0, 0.05) is 0 Å². The highest BCUT2D eigenvalue weighted by atomic mass is 28.4. The van der Waals surface area contributed by atoms with Crippen LogP contribution in [0.3, 0.4) is 0 Å². The molecule has 1 unspecified atom stereocenters. The zero-order chi connectivity index (χ0) is 23.6. The maximum Gasteiger partial charge on any atom is 0.338 e. The highest BCUT2D eigenvalue weighted by molar-refractivity contribution is 6.84. The van der Waals surface area contributed by atoms with Gasteiger partial charge in [0.2, 0.25) is 0 Å². The maximum absolute atomic E-state index is 12.4. The third-order valence-electron chi connectivity index (χ3n) is 5.12. The first kappa shape index (κ1) is 26.4. The first-order chi connectivity index (χ1) is 15.0. The molecule has 0 amide bonds. The molecule has 176 valence electrons. The average molecular weight is 473 g/mol. The van der Waals surface area contributed by atoms with Gasteiger partial charge in [-0.1, -0.05) is 43.2 Å². The van der Waals surface area contributed by atoms with Crippen molar-refractivity contribution in [3.8, 4) is 5.75 Å². The number of carbonyl (C=O) groups is 1. The van der Waals surface area contributed by atoms with E-state index in [0.29, 0.717) is 12.2 Å². The summed E-state index contributed by atoms with van der Waals surface area (Å²) in [5.74, 6) is 0.465. The lowest BCUT2D eigenvalue weighted by molar-refractivity contribution is 0.0319. The summed E-state index contributed by atoms with van der Waals surface area (Å²) < 4.78 is 17.8. The number of unbranched alkanes of at least 4 members (excludes halogenated alkanes) is 2. The number of rotatable bonds is 13. The second-order valence-corrected chi connectivity index (χ2v) is 19.1. The monoisotopic (exact) mass is 472 g/mol. The zero-order valence-electron chi connectivity index (χ0n) is 20.6. The van der Waals surface area contributed by atoms with E-state index in [4.69, 9.17) is 13.6 Å². The molecule has 0 aliphatic heterocycles. The summed E-state index contributed by atoms with van der Waals surface area (Å²) in [5.41, 5.74) is 1.67. The molecule has 6 heteroatoms. The van der Waals surface area contributed by atoms with Gasteiger partial charge in [0.05, 0.1) is 11.7 Å². The molecule has 2 aromatic carbocycles. The Kier molecular flexibility index (Phi) is 10.2.